The van der Waals surface area contributed by atoms with Gasteiger partial charge in [0.1, 0.15) is 0 Å². The number of carbonyl (C=O) groups excluding carboxylic acids is 1. The first-order valence-corrected chi connectivity index (χ1v) is 7.74. The van der Waals surface area contributed by atoms with Crippen LogP contribution in [0.1, 0.15) is 46.0 Å². The highest BCUT2D eigenvalue weighted by Crippen LogP contribution is 2.12. The highest BCUT2D eigenvalue weighted by molar-refractivity contribution is 7.85. The summed E-state index contributed by atoms with van der Waals surface area (Å²) < 4.78 is 29.4. The summed E-state index contributed by atoms with van der Waals surface area (Å²) in [4.78, 5) is 11.7. The van der Waals surface area contributed by atoms with Crippen LogP contribution in [0.15, 0.2) is 0 Å². The molecule has 5 nitrogen and oxygen atoms in total. The molecule has 1 unspecified atom stereocenters. The van der Waals surface area contributed by atoms with E-state index in [1.165, 1.54) is 0 Å². The normalized spacial score (nSPS) is 13.4. The van der Waals surface area contributed by atoms with Crippen molar-refractivity contribution in [1.82, 2.24) is 5.32 Å². The average Bonchev–Trinajstić information content (AvgIpc) is 2.24. The van der Waals surface area contributed by atoms with Crippen LogP contribution in [0.5, 0.6) is 0 Å². The third kappa shape index (κ3) is 9.12. The van der Waals surface area contributed by atoms with Crippen LogP contribution in [0.4, 0.5) is 0 Å². The first-order chi connectivity index (χ1) is 7.90. The molecular weight excluding hydrogens is 242 g/mol. The fourth-order valence-electron chi connectivity index (χ4n) is 1.58. The molecule has 0 aromatic heterocycles. The maximum absolute atomic E-state index is 11.7. The molecule has 0 bridgehead atoms. The predicted octanol–water partition coefficient (Wildman–Crippen LogP) is 1.60. The lowest BCUT2D eigenvalue weighted by Crippen LogP contribution is -2.32. The molecule has 0 aromatic carbocycles. The van der Waals surface area contributed by atoms with Crippen molar-refractivity contribution in [2.75, 3.05) is 12.3 Å². The fraction of sp³-hybridized carbons (Fsp3) is 0.909. The van der Waals surface area contributed by atoms with Gasteiger partial charge in [0.25, 0.3) is 10.1 Å². The molecule has 0 rings (SSSR count). The summed E-state index contributed by atoms with van der Waals surface area (Å²) in [5.41, 5.74) is 0. The van der Waals surface area contributed by atoms with Gasteiger partial charge in [-0.3, -0.25) is 9.35 Å². The number of amides is 1. The Bertz CT molecular complexity index is 313. The molecule has 0 saturated heterocycles. The molecule has 0 aliphatic rings. The zero-order valence-electron chi connectivity index (χ0n) is 10.6. The molecule has 2 N–H and O–H groups in total. The second-order valence-corrected chi connectivity index (χ2v) is 5.75. The summed E-state index contributed by atoms with van der Waals surface area (Å²) in [6.45, 7) is 4.34. The molecule has 0 aliphatic heterocycles. The number of carbonyl (C=O) groups is 1. The van der Waals surface area contributed by atoms with E-state index in [0.29, 0.717) is 6.54 Å². The van der Waals surface area contributed by atoms with Crippen LogP contribution in [0, 0.1) is 5.92 Å². The van der Waals surface area contributed by atoms with Crippen LogP contribution < -0.4 is 5.32 Å². The molecule has 0 aromatic rings. The Balaban J connectivity index is 3.83. The lowest BCUT2D eigenvalue weighted by molar-refractivity contribution is -0.125. The Labute approximate surface area is 104 Å². The molecule has 0 fully saturated rings. The molecule has 0 aliphatic carbocycles. The van der Waals surface area contributed by atoms with Crippen LogP contribution in [-0.4, -0.2) is 31.2 Å². The number of nitrogens with one attached hydrogen (secondary N) is 1. The van der Waals surface area contributed by atoms with Crippen LogP contribution in [0.3, 0.4) is 0 Å². The van der Waals surface area contributed by atoms with Crippen LogP contribution in [0.25, 0.3) is 0 Å². The van der Waals surface area contributed by atoms with E-state index in [2.05, 4.69) is 12.2 Å². The zero-order valence-corrected chi connectivity index (χ0v) is 11.4. The summed E-state index contributed by atoms with van der Waals surface area (Å²) in [6, 6.07) is 0. The monoisotopic (exact) mass is 265 g/mol. The Morgan fingerprint density at radius 1 is 1.29 bits per heavy atom. The van der Waals surface area contributed by atoms with Crippen LogP contribution in [0.2, 0.25) is 0 Å². The van der Waals surface area contributed by atoms with E-state index in [1.54, 1.807) is 0 Å². The van der Waals surface area contributed by atoms with Crippen molar-refractivity contribution in [2.45, 2.75) is 46.0 Å². The van der Waals surface area contributed by atoms with Gasteiger partial charge in [0.15, 0.2) is 0 Å². The van der Waals surface area contributed by atoms with Gasteiger partial charge in [0.05, 0.1) is 5.75 Å². The molecule has 0 radical (unpaired) electrons. The van der Waals surface area contributed by atoms with Crippen molar-refractivity contribution in [2.24, 2.45) is 5.92 Å². The molecular formula is C11H23NO4S. The molecule has 1 amide bonds. The van der Waals surface area contributed by atoms with Crippen molar-refractivity contribution >= 4 is 16.0 Å². The van der Waals surface area contributed by atoms with Gasteiger partial charge in [0, 0.05) is 12.5 Å². The standard InChI is InChI=1S/C11H23NO4S/c1-3-5-7-10(4-2)11(13)12-8-6-9-17(14,15)16/h10H,3-9H2,1-2H3,(H,12,13)(H,14,15,16). The van der Waals surface area contributed by atoms with Gasteiger partial charge in [-0.2, -0.15) is 8.42 Å². The summed E-state index contributed by atoms with van der Waals surface area (Å²) >= 11 is 0. The lowest BCUT2D eigenvalue weighted by atomic mass is 9.98. The van der Waals surface area contributed by atoms with Gasteiger partial charge in [-0.25, -0.2) is 0 Å². The number of hydrogen-bond acceptors (Lipinski definition) is 3. The Morgan fingerprint density at radius 3 is 2.41 bits per heavy atom. The second kappa shape index (κ2) is 8.47. The predicted molar refractivity (Wildman–Crippen MR) is 67.3 cm³/mol. The maximum atomic E-state index is 11.7. The highest BCUT2D eigenvalue weighted by atomic mass is 32.2. The topological polar surface area (TPSA) is 83.5 Å². The van der Waals surface area contributed by atoms with Crippen LogP contribution >= 0.6 is 0 Å². The average molecular weight is 265 g/mol. The van der Waals surface area contributed by atoms with Gasteiger partial charge in [-0.1, -0.05) is 26.7 Å². The SMILES string of the molecule is CCCCC(CC)C(=O)NCCCS(=O)(=O)O. The quantitative estimate of drug-likeness (QED) is 0.490. The summed E-state index contributed by atoms with van der Waals surface area (Å²) in [5, 5.41) is 2.70. The highest BCUT2D eigenvalue weighted by Gasteiger charge is 2.15. The van der Waals surface area contributed by atoms with Crippen molar-refractivity contribution < 1.29 is 17.8 Å². The minimum atomic E-state index is -3.91. The number of unbranched alkanes of at least 4 members (excludes halogenated alkanes) is 1. The molecule has 0 spiro atoms. The minimum Gasteiger partial charge on any atom is -0.356 e. The summed E-state index contributed by atoms with van der Waals surface area (Å²) in [6.07, 6.45) is 4.00. The maximum Gasteiger partial charge on any atom is 0.264 e. The third-order valence-corrected chi connectivity index (χ3v) is 3.45. The van der Waals surface area contributed by atoms with Gasteiger partial charge >= 0.3 is 0 Å². The molecule has 0 heterocycles. The first-order valence-electron chi connectivity index (χ1n) is 6.13. The van der Waals surface area contributed by atoms with E-state index in [9.17, 15) is 13.2 Å². The molecule has 1 atom stereocenters. The van der Waals surface area contributed by atoms with Gasteiger partial charge in [-0.05, 0) is 19.3 Å². The second-order valence-electron chi connectivity index (χ2n) is 4.18. The molecule has 0 saturated carbocycles. The summed E-state index contributed by atoms with van der Waals surface area (Å²) in [7, 11) is -3.91. The van der Waals surface area contributed by atoms with Gasteiger partial charge in [0.2, 0.25) is 5.91 Å². The molecule has 6 heteroatoms. The largest absolute Gasteiger partial charge is 0.356 e. The third-order valence-electron chi connectivity index (χ3n) is 2.65. The van der Waals surface area contributed by atoms with E-state index < -0.39 is 10.1 Å². The zero-order chi connectivity index (χ0) is 13.3. The molecule has 17 heavy (non-hydrogen) atoms. The molecule has 102 valence electrons. The van der Waals surface area contributed by atoms with E-state index in [-0.39, 0.29) is 24.0 Å². The van der Waals surface area contributed by atoms with Crippen LogP contribution in [-0.2, 0) is 14.9 Å². The van der Waals surface area contributed by atoms with Crippen molar-refractivity contribution in [3.8, 4) is 0 Å². The number of hydrogen-bond donors (Lipinski definition) is 2. The van der Waals surface area contributed by atoms with E-state index in [1.807, 2.05) is 6.92 Å². The Hall–Kier alpha value is -0.620. The first kappa shape index (κ1) is 16.4. The van der Waals surface area contributed by atoms with Crippen molar-refractivity contribution in [3.05, 3.63) is 0 Å². The number of rotatable bonds is 9. The van der Waals surface area contributed by atoms with Crippen molar-refractivity contribution in [1.29, 1.82) is 0 Å². The summed E-state index contributed by atoms with van der Waals surface area (Å²) in [5.74, 6) is -0.309. The van der Waals surface area contributed by atoms with E-state index >= 15 is 0 Å². The lowest BCUT2D eigenvalue weighted by Gasteiger charge is -2.14. The fourth-order valence-corrected chi connectivity index (χ4v) is 2.09. The smallest absolute Gasteiger partial charge is 0.264 e. The minimum absolute atomic E-state index is 0.0145. The van der Waals surface area contributed by atoms with Gasteiger partial charge < -0.3 is 5.32 Å². The van der Waals surface area contributed by atoms with Crippen molar-refractivity contribution in [3.63, 3.8) is 0 Å². The van der Waals surface area contributed by atoms with Gasteiger partial charge in [-0.15, -0.1) is 0 Å². The Morgan fingerprint density at radius 2 is 1.94 bits per heavy atom. The van der Waals surface area contributed by atoms with E-state index in [4.69, 9.17) is 4.55 Å². The Kier molecular flexibility index (Phi) is 8.16. The van der Waals surface area contributed by atoms with E-state index in [0.717, 1.165) is 25.7 Å².